The predicted molar refractivity (Wildman–Crippen MR) is 105 cm³/mol. The maximum atomic E-state index is 13.7. The maximum absolute atomic E-state index is 13.7. The van der Waals surface area contributed by atoms with Crippen LogP contribution in [0.5, 0.6) is 0 Å². The van der Waals surface area contributed by atoms with Crippen molar-refractivity contribution in [1.82, 2.24) is 5.32 Å². The SMILES string of the molecule is N#Cc1ccc(NC(=O)C2CC(c3ccc(C#N)c(C(F)(F)F)c3)C(C(F)(F)F)N2)cc1C#N. The molecule has 1 fully saturated rings. The molecular weight excluding hydrogens is 464 g/mol. The minimum absolute atomic E-state index is 0.0398. The first kappa shape index (κ1) is 24.6. The van der Waals surface area contributed by atoms with E-state index in [0.717, 1.165) is 12.1 Å². The minimum atomic E-state index is -4.95. The lowest BCUT2D eigenvalue weighted by Crippen LogP contribution is -2.46. The number of nitrogens with zero attached hydrogens (tertiary/aromatic N) is 3. The van der Waals surface area contributed by atoms with Crippen molar-refractivity contribution in [3.63, 3.8) is 0 Å². The van der Waals surface area contributed by atoms with Gasteiger partial charge in [0.25, 0.3) is 0 Å². The third kappa shape index (κ3) is 4.95. The quantitative estimate of drug-likeness (QED) is 0.639. The number of carbonyl (C=O) groups excluding carboxylic acids is 1. The molecule has 174 valence electrons. The molecule has 6 nitrogen and oxygen atoms in total. The molecule has 1 aliphatic heterocycles. The number of alkyl halides is 6. The van der Waals surface area contributed by atoms with Crippen molar-refractivity contribution in [2.45, 2.75) is 36.8 Å². The van der Waals surface area contributed by atoms with Gasteiger partial charge in [-0.3, -0.25) is 10.1 Å². The van der Waals surface area contributed by atoms with Crippen LogP contribution in [-0.2, 0) is 11.0 Å². The third-order valence-electron chi connectivity index (χ3n) is 5.37. The molecule has 3 rings (SSSR count). The molecule has 0 aliphatic carbocycles. The van der Waals surface area contributed by atoms with E-state index >= 15 is 0 Å². The fourth-order valence-electron chi connectivity index (χ4n) is 3.79. The summed E-state index contributed by atoms with van der Waals surface area (Å²) in [4.78, 5) is 12.6. The molecule has 2 N–H and O–H groups in total. The van der Waals surface area contributed by atoms with Gasteiger partial charge >= 0.3 is 12.4 Å². The Labute approximate surface area is 189 Å². The van der Waals surface area contributed by atoms with E-state index in [9.17, 15) is 31.1 Å². The van der Waals surface area contributed by atoms with Crippen LogP contribution in [0.25, 0.3) is 0 Å². The maximum Gasteiger partial charge on any atom is 0.417 e. The predicted octanol–water partition coefficient (Wildman–Crippen LogP) is 4.34. The number of hydrogen-bond acceptors (Lipinski definition) is 5. The number of nitriles is 3. The van der Waals surface area contributed by atoms with Crippen molar-refractivity contribution < 1.29 is 31.1 Å². The summed E-state index contributed by atoms with van der Waals surface area (Å²) in [5, 5.41) is 31.4. The van der Waals surface area contributed by atoms with Gasteiger partial charge in [-0.2, -0.15) is 42.1 Å². The summed E-state index contributed by atoms with van der Waals surface area (Å²) >= 11 is 0. The number of halogens is 6. The van der Waals surface area contributed by atoms with Crippen molar-refractivity contribution in [3.8, 4) is 18.2 Å². The molecule has 0 bridgehead atoms. The van der Waals surface area contributed by atoms with Crippen molar-refractivity contribution in [2.75, 3.05) is 5.32 Å². The zero-order valence-electron chi connectivity index (χ0n) is 16.9. The van der Waals surface area contributed by atoms with Gasteiger partial charge in [0.1, 0.15) is 18.2 Å². The molecule has 1 saturated heterocycles. The van der Waals surface area contributed by atoms with Gasteiger partial charge in [-0.15, -0.1) is 0 Å². The van der Waals surface area contributed by atoms with Crippen LogP contribution in [0, 0.1) is 34.0 Å². The zero-order chi connectivity index (χ0) is 25.3. The molecular formula is C22H13F6N5O. The third-order valence-corrected chi connectivity index (χ3v) is 5.37. The molecule has 0 aromatic heterocycles. The molecule has 3 atom stereocenters. The summed E-state index contributed by atoms with van der Waals surface area (Å²) in [5.41, 5.74) is -2.35. The van der Waals surface area contributed by atoms with E-state index in [1.807, 2.05) is 0 Å². The van der Waals surface area contributed by atoms with E-state index in [4.69, 9.17) is 15.8 Å². The molecule has 0 radical (unpaired) electrons. The molecule has 0 spiro atoms. The molecule has 3 unspecified atom stereocenters. The molecule has 1 amide bonds. The Morgan fingerprint density at radius 2 is 1.53 bits per heavy atom. The summed E-state index contributed by atoms with van der Waals surface area (Å²) in [6.45, 7) is 0. The fourth-order valence-corrected chi connectivity index (χ4v) is 3.79. The highest BCUT2D eigenvalue weighted by molar-refractivity contribution is 5.95. The van der Waals surface area contributed by atoms with E-state index in [1.54, 1.807) is 12.1 Å². The highest BCUT2D eigenvalue weighted by atomic mass is 19.4. The van der Waals surface area contributed by atoms with Crippen LogP contribution in [0.2, 0.25) is 0 Å². The van der Waals surface area contributed by atoms with E-state index in [1.165, 1.54) is 24.3 Å². The van der Waals surface area contributed by atoms with Crippen LogP contribution in [0.1, 0.15) is 40.2 Å². The second-order valence-corrected chi connectivity index (χ2v) is 7.47. The average Bonchev–Trinajstić information content (AvgIpc) is 3.24. The van der Waals surface area contributed by atoms with Crippen LogP contribution < -0.4 is 10.6 Å². The van der Waals surface area contributed by atoms with Crippen molar-refractivity contribution >= 4 is 11.6 Å². The molecule has 2 aromatic carbocycles. The first-order valence-corrected chi connectivity index (χ1v) is 9.58. The Morgan fingerprint density at radius 1 is 0.912 bits per heavy atom. The first-order chi connectivity index (χ1) is 15.9. The topological polar surface area (TPSA) is 112 Å². The first-order valence-electron chi connectivity index (χ1n) is 9.58. The van der Waals surface area contributed by atoms with Crippen LogP contribution >= 0.6 is 0 Å². The number of anilines is 1. The van der Waals surface area contributed by atoms with Gasteiger partial charge in [0, 0.05) is 11.6 Å². The standard InChI is InChI=1S/C22H13F6N5O/c23-21(24,25)17-6-11(1-2-13(17)9-30)16-7-18(33-19(16)22(26,27)28)20(34)32-15-4-3-12(8-29)14(5-15)10-31/h1-6,16,18-19,33H,7H2,(H,32,34). The lowest BCUT2D eigenvalue weighted by Gasteiger charge is -2.23. The average molecular weight is 477 g/mol. The summed E-state index contributed by atoms with van der Waals surface area (Å²) in [7, 11) is 0. The highest BCUT2D eigenvalue weighted by Gasteiger charge is 2.52. The van der Waals surface area contributed by atoms with Crippen LogP contribution in [0.4, 0.5) is 32.0 Å². The summed E-state index contributed by atoms with van der Waals surface area (Å²) in [5.74, 6) is -2.42. The zero-order valence-corrected chi connectivity index (χ0v) is 16.9. The summed E-state index contributed by atoms with van der Waals surface area (Å²) in [6, 6.07) is 7.23. The van der Waals surface area contributed by atoms with Crippen molar-refractivity contribution in [3.05, 3.63) is 64.2 Å². The van der Waals surface area contributed by atoms with Gasteiger partial charge in [-0.1, -0.05) is 6.07 Å². The number of carbonyl (C=O) groups is 1. The number of benzene rings is 2. The number of hydrogen-bond donors (Lipinski definition) is 2. The van der Waals surface area contributed by atoms with Crippen LogP contribution in [0.15, 0.2) is 36.4 Å². The Bertz CT molecular complexity index is 1250. The molecule has 34 heavy (non-hydrogen) atoms. The van der Waals surface area contributed by atoms with E-state index < -0.39 is 53.8 Å². The number of nitrogens with one attached hydrogen (secondary N) is 2. The molecule has 0 saturated carbocycles. The van der Waals surface area contributed by atoms with Crippen molar-refractivity contribution in [1.29, 1.82) is 15.8 Å². The van der Waals surface area contributed by atoms with E-state index in [2.05, 4.69) is 10.6 Å². The Hall–Kier alpha value is -4.08. The Balaban J connectivity index is 1.91. The van der Waals surface area contributed by atoms with Gasteiger partial charge in [0.05, 0.1) is 34.4 Å². The monoisotopic (exact) mass is 477 g/mol. The Kier molecular flexibility index (Phi) is 6.53. The fraction of sp³-hybridized carbons (Fsp3) is 0.273. The van der Waals surface area contributed by atoms with E-state index in [-0.39, 0.29) is 22.4 Å². The largest absolute Gasteiger partial charge is 0.417 e. The van der Waals surface area contributed by atoms with Gasteiger partial charge in [0.15, 0.2) is 0 Å². The van der Waals surface area contributed by atoms with Gasteiger partial charge in [-0.25, -0.2) is 0 Å². The van der Waals surface area contributed by atoms with Crippen LogP contribution in [-0.4, -0.2) is 24.2 Å². The van der Waals surface area contributed by atoms with Gasteiger partial charge in [0.2, 0.25) is 5.91 Å². The lowest BCUT2D eigenvalue weighted by molar-refractivity contribution is -0.156. The minimum Gasteiger partial charge on any atom is -0.325 e. The van der Waals surface area contributed by atoms with E-state index in [0.29, 0.717) is 6.07 Å². The molecule has 2 aromatic rings. The molecule has 1 heterocycles. The summed E-state index contributed by atoms with van der Waals surface area (Å²) < 4.78 is 81.0. The second kappa shape index (κ2) is 9.05. The van der Waals surface area contributed by atoms with Crippen LogP contribution in [0.3, 0.4) is 0 Å². The molecule has 12 heteroatoms. The Morgan fingerprint density at radius 3 is 2.09 bits per heavy atom. The normalized spacial score (nSPS) is 20.1. The van der Waals surface area contributed by atoms with Gasteiger partial charge in [-0.05, 0) is 42.3 Å². The van der Waals surface area contributed by atoms with Gasteiger partial charge < -0.3 is 5.32 Å². The lowest BCUT2D eigenvalue weighted by atomic mass is 9.88. The number of rotatable bonds is 3. The summed E-state index contributed by atoms with van der Waals surface area (Å²) in [6.07, 6.45) is -10.3. The second-order valence-electron chi connectivity index (χ2n) is 7.47. The molecule has 1 aliphatic rings. The smallest absolute Gasteiger partial charge is 0.325 e. The number of amides is 1. The highest BCUT2D eigenvalue weighted by Crippen LogP contribution is 2.42. The van der Waals surface area contributed by atoms with Crippen molar-refractivity contribution in [2.24, 2.45) is 0 Å².